The molecule has 4 aliphatic rings. The van der Waals surface area contributed by atoms with Crippen LogP contribution in [0.2, 0.25) is 0 Å². The Labute approximate surface area is 447 Å². The Hall–Kier alpha value is -7.52. The van der Waals surface area contributed by atoms with Gasteiger partial charge < -0.3 is 37.8 Å². The van der Waals surface area contributed by atoms with Crippen LogP contribution in [0.3, 0.4) is 0 Å². The molecule has 2 N–H and O–H groups in total. The molecule has 80 heavy (non-hydrogen) atoms. The lowest BCUT2D eigenvalue weighted by Gasteiger charge is -2.46. The highest BCUT2D eigenvalue weighted by atomic mass is 32.2. The highest BCUT2D eigenvalue weighted by Gasteiger charge is 2.47. The van der Waals surface area contributed by atoms with Gasteiger partial charge in [0.05, 0.1) is 61.0 Å². The Morgan fingerprint density at radius 3 is 1.29 bits per heavy atom. The van der Waals surface area contributed by atoms with Gasteiger partial charge in [-0.1, -0.05) is 22.4 Å². The van der Waals surface area contributed by atoms with Gasteiger partial charge in [-0.2, -0.15) is 51.8 Å². The molecule has 0 unspecified atom stereocenters. The summed E-state index contributed by atoms with van der Waals surface area (Å²) in [5.41, 5.74) is -4.24. The van der Waals surface area contributed by atoms with Gasteiger partial charge in [-0.05, 0) is 60.4 Å². The fourth-order valence-corrected chi connectivity index (χ4v) is 11.9. The van der Waals surface area contributed by atoms with Gasteiger partial charge in [0.25, 0.3) is 11.8 Å². The van der Waals surface area contributed by atoms with Crippen LogP contribution in [0.5, 0.6) is 11.5 Å². The Morgan fingerprint density at radius 1 is 0.562 bits per heavy atom. The van der Waals surface area contributed by atoms with E-state index in [0.717, 1.165) is 45.0 Å². The van der Waals surface area contributed by atoms with Crippen molar-refractivity contribution in [2.75, 3.05) is 72.9 Å². The molecular formula is C48H42F10N8O12S2. The van der Waals surface area contributed by atoms with Crippen LogP contribution in [0, 0.1) is 23.3 Å². The van der Waals surface area contributed by atoms with E-state index in [9.17, 15) is 61.5 Å². The van der Waals surface area contributed by atoms with E-state index < -0.39 is 116 Å². The highest BCUT2D eigenvalue weighted by molar-refractivity contribution is 7.90. The molecule has 6 aromatic rings. The van der Waals surface area contributed by atoms with Crippen molar-refractivity contribution in [3.63, 3.8) is 0 Å². The number of hydrogen-bond donors (Lipinski definition) is 2. The molecule has 0 aliphatic carbocycles. The van der Waals surface area contributed by atoms with E-state index in [1.807, 2.05) is 0 Å². The maximum atomic E-state index is 15.4. The molecule has 4 atom stereocenters. The normalized spacial score (nSPS) is 20.4. The quantitative estimate of drug-likeness (QED) is 0.112. The van der Waals surface area contributed by atoms with Crippen molar-refractivity contribution in [1.82, 2.24) is 18.9 Å². The predicted molar refractivity (Wildman–Crippen MR) is 259 cm³/mol. The molecule has 0 radical (unpaired) electrons. The van der Waals surface area contributed by atoms with Crippen LogP contribution < -0.4 is 28.7 Å². The first-order chi connectivity index (χ1) is 37.8. The van der Waals surface area contributed by atoms with Gasteiger partial charge in [0.1, 0.15) is 60.5 Å². The first-order valence-electron chi connectivity index (χ1n) is 23.5. The van der Waals surface area contributed by atoms with Crippen molar-refractivity contribution >= 4 is 55.2 Å². The standard InChI is InChI=1S/2C24H21F5N4O6S/c2*1-37-20-9-14(13-2-3-16(25)15(8-13)24(27,28)29)17(26)10-19(20)33-18-4-6-32(11-21(18)38-12-23(33)34)40(35,36)31-22-5-7-39-30-22/h2*2-3,5,7-10,18,21H,4,6,11-12H2,1H3,(H,30,31)/t2*18-,21-/m10/s1. The molecule has 10 rings (SSSR count). The van der Waals surface area contributed by atoms with Crippen molar-refractivity contribution in [2.45, 2.75) is 49.5 Å². The minimum atomic E-state index is -5.00. The van der Waals surface area contributed by atoms with E-state index in [-0.39, 0.29) is 95.8 Å². The monoisotopic (exact) mass is 1180 g/mol. The van der Waals surface area contributed by atoms with E-state index in [1.54, 1.807) is 0 Å². The maximum absolute atomic E-state index is 15.4. The Kier molecular flexibility index (Phi) is 15.9. The van der Waals surface area contributed by atoms with E-state index in [4.69, 9.17) is 18.9 Å². The zero-order valence-corrected chi connectivity index (χ0v) is 42.9. The number of rotatable bonds is 12. The molecule has 32 heteroatoms. The largest absolute Gasteiger partial charge is 0.495 e. The van der Waals surface area contributed by atoms with Crippen LogP contribution >= 0.6 is 0 Å². The molecule has 2 amide bonds. The Bertz CT molecular complexity index is 3300. The summed E-state index contributed by atoms with van der Waals surface area (Å²) in [6.07, 6.45) is -8.98. The first kappa shape index (κ1) is 57.2. The van der Waals surface area contributed by atoms with Crippen molar-refractivity contribution in [2.24, 2.45) is 0 Å². The topological polar surface area (TPSA) is 228 Å². The summed E-state index contributed by atoms with van der Waals surface area (Å²) >= 11 is 0. The molecule has 2 aromatic heterocycles. The molecular weight excluding hydrogens is 1130 g/mol. The first-order valence-corrected chi connectivity index (χ1v) is 26.4. The zero-order valence-electron chi connectivity index (χ0n) is 41.2. The smallest absolute Gasteiger partial charge is 0.419 e. The number of ether oxygens (including phenoxy) is 4. The van der Waals surface area contributed by atoms with Crippen LogP contribution in [0.25, 0.3) is 22.3 Å². The second-order valence-electron chi connectivity index (χ2n) is 18.0. The molecule has 6 heterocycles. The number of hydrogen-bond acceptors (Lipinski definition) is 14. The van der Waals surface area contributed by atoms with Gasteiger partial charge in [-0.15, -0.1) is 0 Å². The molecule has 428 valence electrons. The van der Waals surface area contributed by atoms with Crippen LogP contribution in [-0.2, 0) is 51.8 Å². The molecule has 4 saturated heterocycles. The molecule has 4 aromatic carbocycles. The van der Waals surface area contributed by atoms with Crippen LogP contribution in [0.15, 0.2) is 94.4 Å². The summed E-state index contributed by atoms with van der Waals surface area (Å²) in [6.45, 7) is -1.21. The number of aromatic nitrogens is 2. The van der Waals surface area contributed by atoms with Crippen molar-refractivity contribution in [1.29, 1.82) is 0 Å². The van der Waals surface area contributed by atoms with Gasteiger partial charge in [-0.25, -0.2) is 17.6 Å². The highest BCUT2D eigenvalue weighted by Crippen LogP contribution is 2.44. The predicted octanol–water partition coefficient (Wildman–Crippen LogP) is 7.62. The molecule has 0 saturated carbocycles. The number of methoxy groups -OCH3 is 2. The van der Waals surface area contributed by atoms with Gasteiger partial charge in [0.2, 0.25) is 0 Å². The average Bonchev–Trinajstić information content (AvgIpc) is 4.15. The lowest BCUT2D eigenvalue weighted by atomic mass is 9.97. The summed E-state index contributed by atoms with van der Waals surface area (Å²) in [5, 5.41) is 7.03. The number of halogens is 10. The fraction of sp³-hybridized carbons (Fsp3) is 0.333. The van der Waals surface area contributed by atoms with Crippen molar-refractivity contribution < 1.29 is 98.3 Å². The summed E-state index contributed by atoms with van der Waals surface area (Å²) in [4.78, 5) is 28.4. The number of piperidine rings is 2. The molecule has 20 nitrogen and oxygen atoms in total. The third-order valence-electron chi connectivity index (χ3n) is 13.3. The third-order valence-corrected chi connectivity index (χ3v) is 16.2. The van der Waals surface area contributed by atoms with Gasteiger partial charge in [-0.3, -0.25) is 19.0 Å². The summed E-state index contributed by atoms with van der Waals surface area (Å²) in [7, 11) is -5.61. The molecule has 4 fully saturated rings. The number of nitrogens with one attached hydrogen (secondary N) is 2. The maximum Gasteiger partial charge on any atom is 0.419 e. The number of carbonyl (C=O) groups is 2. The Balaban J connectivity index is 0.000000194. The SMILES string of the molecule is COc1cc(-c2ccc(F)c(C(F)(F)F)c2)c(F)cc1N1C(=O)CO[C@@H]2CN(S(=O)(=O)Nc3ccon3)CC[C@H]21.COc1cc(-c2ccc(F)c(C(F)(F)F)c2)c(F)cc1N1C(=O)CO[C@H]2CN(S(=O)(=O)Nc3ccon3)CC[C@@H]21. The third kappa shape index (κ3) is 11.7. The number of benzene rings is 4. The van der Waals surface area contributed by atoms with E-state index >= 15 is 8.78 Å². The number of nitrogens with zero attached hydrogens (tertiary/aromatic N) is 6. The number of alkyl halides is 6. The lowest BCUT2D eigenvalue weighted by Crippen LogP contribution is -2.62. The average molecular weight is 1180 g/mol. The van der Waals surface area contributed by atoms with E-state index in [2.05, 4.69) is 28.8 Å². The molecule has 0 spiro atoms. The van der Waals surface area contributed by atoms with Crippen LogP contribution in [-0.4, -0.2) is 125 Å². The van der Waals surface area contributed by atoms with Gasteiger partial charge in [0, 0.05) is 61.6 Å². The summed E-state index contributed by atoms with van der Waals surface area (Å²) < 4.78 is 227. The number of carbonyl (C=O) groups excluding carboxylic acids is 2. The minimum Gasteiger partial charge on any atom is -0.495 e. The Morgan fingerprint density at radius 2 is 0.950 bits per heavy atom. The van der Waals surface area contributed by atoms with Crippen LogP contribution in [0.1, 0.15) is 24.0 Å². The zero-order chi connectivity index (χ0) is 57.6. The number of anilines is 4. The van der Waals surface area contributed by atoms with Gasteiger partial charge >= 0.3 is 32.8 Å². The summed E-state index contributed by atoms with van der Waals surface area (Å²) in [6, 6.07) is 9.53. The van der Waals surface area contributed by atoms with Crippen molar-refractivity contribution in [3.8, 4) is 33.8 Å². The fourth-order valence-electron chi connectivity index (χ4n) is 9.57. The molecule has 0 bridgehead atoms. The van der Waals surface area contributed by atoms with Crippen LogP contribution in [0.4, 0.5) is 66.9 Å². The minimum absolute atomic E-state index is 0.0118. The van der Waals surface area contributed by atoms with E-state index in [1.165, 1.54) is 48.7 Å². The summed E-state index contributed by atoms with van der Waals surface area (Å²) in [5.74, 6) is -6.19. The molecule has 4 aliphatic heterocycles. The number of fused-ring (bicyclic) bond motifs is 2. The van der Waals surface area contributed by atoms with Gasteiger partial charge in [0.15, 0.2) is 11.6 Å². The number of amides is 2. The second kappa shape index (κ2) is 22.2. The lowest BCUT2D eigenvalue weighted by molar-refractivity contribution is -0.140. The number of morpholine rings is 2. The van der Waals surface area contributed by atoms with E-state index in [0.29, 0.717) is 24.3 Å². The van der Waals surface area contributed by atoms with Crippen molar-refractivity contribution in [3.05, 3.63) is 120 Å². The second-order valence-corrected chi connectivity index (χ2v) is 21.4.